The van der Waals surface area contributed by atoms with E-state index >= 15 is 0 Å². The van der Waals surface area contributed by atoms with Gasteiger partial charge in [0.1, 0.15) is 18.2 Å². The van der Waals surface area contributed by atoms with Crippen LogP contribution >= 0.6 is 0 Å². The maximum absolute atomic E-state index is 14.5. The number of hydrogen-bond donors (Lipinski definition) is 0. The molecule has 0 N–H and O–H groups in total. The molecule has 1 heterocycles. The van der Waals surface area contributed by atoms with Crippen molar-refractivity contribution in [3.63, 3.8) is 0 Å². The van der Waals surface area contributed by atoms with E-state index in [2.05, 4.69) is 0 Å². The number of hydrogen-bond acceptors (Lipinski definition) is 4. The van der Waals surface area contributed by atoms with Crippen molar-refractivity contribution >= 4 is 17.6 Å². The minimum atomic E-state index is -0.356. The van der Waals surface area contributed by atoms with Crippen molar-refractivity contribution in [1.82, 2.24) is 0 Å². The molecule has 1 aliphatic heterocycles. The van der Waals surface area contributed by atoms with Gasteiger partial charge in [-0.3, -0.25) is 9.59 Å². The number of benzene rings is 2. The third-order valence-electron chi connectivity index (χ3n) is 5.79. The quantitative estimate of drug-likeness (QED) is 0.581. The van der Waals surface area contributed by atoms with E-state index in [1.807, 2.05) is 29.2 Å². The molecule has 4 rings (SSSR count). The van der Waals surface area contributed by atoms with E-state index in [-0.39, 0.29) is 36.6 Å². The van der Waals surface area contributed by atoms with Gasteiger partial charge < -0.3 is 14.4 Å². The van der Waals surface area contributed by atoms with E-state index in [1.54, 1.807) is 13.0 Å². The lowest BCUT2D eigenvalue weighted by atomic mass is 10.0. The molecule has 1 fully saturated rings. The molecule has 1 aliphatic carbocycles. The first-order chi connectivity index (χ1) is 15.1. The van der Waals surface area contributed by atoms with Crippen LogP contribution in [0.1, 0.15) is 49.3 Å². The summed E-state index contributed by atoms with van der Waals surface area (Å²) in [6.07, 6.45) is 4.26. The number of para-hydroxylation sites is 1. The summed E-state index contributed by atoms with van der Waals surface area (Å²) in [5.41, 5.74) is 3.18. The molecule has 5 nitrogen and oxygen atoms in total. The maximum atomic E-state index is 14.5. The van der Waals surface area contributed by atoms with Crippen molar-refractivity contribution in [2.75, 3.05) is 18.1 Å². The van der Waals surface area contributed by atoms with Crippen LogP contribution in [0.2, 0.25) is 0 Å². The van der Waals surface area contributed by atoms with Crippen LogP contribution in [0.5, 0.6) is 5.75 Å². The Bertz CT molecular complexity index is 970. The fourth-order valence-electron chi connectivity index (χ4n) is 4.02. The summed E-state index contributed by atoms with van der Waals surface area (Å²) in [5, 5.41) is 0. The molecular weight excluding hydrogens is 397 g/mol. The summed E-state index contributed by atoms with van der Waals surface area (Å²) in [4.78, 5) is 26.1. The van der Waals surface area contributed by atoms with Gasteiger partial charge in [0.15, 0.2) is 0 Å². The molecule has 0 spiro atoms. The Hall–Kier alpha value is -2.89. The highest BCUT2D eigenvalue weighted by Gasteiger charge is 2.36. The fourth-order valence-corrected chi connectivity index (χ4v) is 4.02. The van der Waals surface area contributed by atoms with Crippen molar-refractivity contribution in [3.05, 3.63) is 58.9 Å². The lowest BCUT2D eigenvalue weighted by Crippen LogP contribution is -2.36. The van der Waals surface area contributed by atoms with Crippen LogP contribution in [0.15, 0.2) is 36.4 Å². The SMILES string of the molecule is CCOC(=O)CCc1ccc(COc2cccc3c2N(C(=O)C2CC2)CCC3)cc1F. The summed E-state index contributed by atoms with van der Waals surface area (Å²) in [6, 6.07) is 10.8. The third kappa shape index (κ3) is 5.06. The Morgan fingerprint density at radius 3 is 2.77 bits per heavy atom. The van der Waals surface area contributed by atoms with Gasteiger partial charge in [0, 0.05) is 18.9 Å². The van der Waals surface area contributed by atoms with Crippen molar-refractivity contribution in [1.29, 1.82) is 0 Å². The van der Waals surface area contributed by atoms with Gasteiger partial charge in [-0.25, -0.2) is 4.39 Å². The number of carbonyl (C=O) groups is 2. The van der Waals surface area contributed by atoms with Crippen molar-refractivity contribution < 1.29 is 23.5 Å². The van der Waals surface area contributed by atoms with Gasteiger partial charge in [0.25, 0.3) is 0 Å². The van der Waals surface area contributed by atoms with E-state index < -0.39 is 0 Å². The van der Waals surface area contributed by atoms with Crippen molar-refractivity contribution in [3.8, 4) is 5.75 Å². The number of nitrogens with zero attached hydrogens (tertiary/aromatic N) is 1. The number of fused-ring (bicyclic) bond motifs is 1. The monoisotopic (exact) mass is 425 g/mol. The number of ether oxygens (including phenoxy) is 2. The van der Waals surface area contributed by atoms with Crippen molar-refractivity contribution in [2.45, 2.75) is 52.1 Å². The van der Waals surface area contributed by atoms with Gasteiger partial charge in [0.05, 0.1) is 12.3 Å². The molecule has 0 aromatic heterocycles. The predicted octanol–water partition coefficient (Wildman–Crippen LogP) is 4.59. The molecule has 2 aromatic carbocycles. The van der Waals surface area contributed by atoms with Gasteiger partial charge >= 0.3 is 5.97 Å². The van der Waals surface area contributed by atoms with Crippen LogP contribution in [-0.4, -0.2) is 25.0 Å². The minimum absolute atomic E-state index is 0.148. The topological polar surface area (TPSA) is 55.8 Å². The maximum Gasteiger partial charge on any atom is 0.306 e. The molecule has 0 saturated heterocycles. The molecule has 6 heteroatoms. The highest BCUT2D eigenvalue weighted by Crippen LogP contribution is 2.40. The van der Waals surface area contributed by atoms with Gasteiger partial charge in [-0.15, -0.1) is 0 Å². The number of halogens is 1. The molecule has 0 unspecified atom stereocenters. The van der Waals surface area contributed by atoms with Crippen LogP contribution in [0.3, 0.4) is 0 Å². The van der Waals surface area contributed by atoms with E-state index in [0.717, 1.165) is 36.9 Å². The van der Waals surface area contributed by atoms with Crippen LogP contribution < -0.4 is 9.64 Å². The lowest BCUT2D eigenvalue weighted by Gasteiger charge is -2.31. The van der Waals surface area contributed by atoms with Gasteiger partial charge in [-0.05, 0) is 67.9 Å². The summed E-state index contributed by atoms with van der Waals surface area (Å²) in [6.45, 7) is 2.99. The minimum Gasteiger partial charge on any atom is -0.487 e. The second-order valence-corrected chi connectivity index (χ2v) is 8.15. The average Bonchev–Trinajstić information content (AvgIpc) is 3.62. The molecule has 2 aliphatic rings. The Morgan fingerprint density at radius 2 is 2.03 bits per heavy atom. The number of esters is 1. The number of aryl methyl sites for hydroxylation is 2. The molecule has 164 valence electrons. The van der Waals surface area contributed by atoms with Crippen LogP contribution in [0.25, 0.3) is 0 Å². The first kappa shape index (κ1) is 21.3. The fraction of sp³-hybridized carbons (Fsp3) is 0.440. The van der Waals surface area contributed by atoms with E-state index in [4.69, 9.17) is 9.47 Å². The molecule has 1 amide bonds. The number of carbonyl (C=O) groups excluding carboxylic acids is 2. The van der Waals surface area contributed by atoms with Crippen LogP contribution in [0, 0.1) is 11.7 Å². The first-order valence-corrected chi connectivity index (χ1v) is 11.1. The lowest BCUT2D eigenvalue weighted by molar-refractivity contribution is -0.143. The molecule has 2 aromatic rings. The Morgan fingerprint density at radius 1 is 1.19 bits per heavy atom. The van der Waals surface area contributed by atoms with Crippen LogP contribution in [0.4, 0.5) is 10.1 Å². The highest BCUT2D eigenvalue weighted by atomic mass is 19.1. The number of rotatable bonds is 8. The average molecular weight is 426 g/mol. The molecule has 0 bridgehead atoms. The highest BCUT2D eigenvalue weighted by molar-refractivity contribution is 5.99. The molecule has 1 saturated carbocycles. The Labute approximate surface area is 182 Å². The van der Waals surface area contributed by atoms with Gasteiger partial charge in [0.2, 0.25) is 5.91 Å². The second kappa shape index (κ2) is 9.50. The number of amides is 1. The summed E-state index contributed by atoms with van der Waals surface area (Å²) in [7, 11) is 0. The standard InChI is InChI=1S/C25H28FNO4/c1-2-30-23(28)13-12-18-9-8-17(15-21(18)26)16-31-22-7-3-5-19-6-4-14-27(24(19)22)25(29)20-10-11-20/h3,5,7-9,15,20H,2,4,6,10-14,16H2,1H3. The Kier molecular flexibility index (Phi) is 6.54. The van der Waals surface area contributed by atoms with E-state index in [9.17, 15) is 14.0 Å². The second-order valence-electron chi connectivity index (χ2n) is 8.15. The van der Waals surface area contributed by atoms with Crippen LogP contribution in [-0.2, 0) is 33.8 Å². The summed E-state index contributed by atoms with van der Waals surface area (Å²) >= 11 is 0. The van der Waals surface area contributed by atoms with Crippen molar-refractivity contribution in [2.24, 2.45) is 5.92 Å². The molecule has 0 atom stereocenters. The molecular formula is C25H28FNO4. The zero-order valence-electron chi connectivity index (χ0n) is 17.9. The normalized spacial score (nSPS) is 15.4. The zero-order chi connectivity index (χ0) is 21.8. The summed E-state index contributed by atoms with van der Waals surface area (Å²) in [5.74, 6) is 0.321. The van der Waals surface area contributed by atoms with Gasteiger partial charge in [-0.1, -0.05) is 24.3 Å². The largest absolute Gasteiger partial charge is 0.487 e. The molecule has 0 radical (unpaired) electrons. The predicted molar refractivity (Wildman–Crippen MR) is 116 cm³/mol. The van der Waals surface area contributed by atoms with E-state index in [1.165, 1.54) is 6.07 Å². The summed E-state index contributed by atoms with van der Waals surface area (Å²) < 4.78 is 25.4. The van der Waals surface area contributed by atoms with E-state index in [0.29, 0.717) is 36.4 Å². The number of anilines is 1. The Balaban J connectivity index is 1.44. The van der Waals surface area contributed by atoms with Gasteiger partial charge in [-0.2, -0.15) is 0 Å². The smallest absolute Gasteiger partial charge is 0.306 e. The third-order valence-corrected chi connectivity index (χ3v) is 5.79. The first-order valence-electron chi connectivity index (χ1n) is 11.1. The molecule has 31 heavy (non-hydrogen) atoms. The zero-order valence-corrected chi connectivity index (χ0v) is 17.9.